The molecule has 4 amide bonds. The maximum atomic E-state index is 13.2. The molecule has 2 aromatic heterocycles. The number of benzene rings is 2. The van der Waals surface area contributed by atoms with E-state index in [0.29, 0.717) is 35.5 Å². The Bertz CT molecular complexity index is 2020. The third kappa shape index (κ3) is 8.66. The fraction of sp³-hybridized carbons (Fsp3) is 0.351. The Morgan fingerprint density at radius 1 is 1.04 bits per heavy atom. The van der Waals surface area contributed by atoms with E-state index in [0.717, 1.165) is 73.2 Å². The van der Waals surface area contributed by atoms with Gasteiger partial charge in [0.1, 0.15) is 17.6 Å². The Morgan fingerprint density at radius 3 is 2.56 bits per heavy atom. The van der Waals surface area contributed by atoms with Gasteiger partial charge in [-0.1, -0.05) is 6.07 Å². The van der Waals surface area contributed by atoms with Crippen LogP contribution < -0.4 is 20.3 Å². The van der Waals surface area contributed by atoms with Crippen LogP contribution in [0.4, 0.5) is 20.3 Å². The van der Waals surface area contributed by atoms with Crippen molar-refractivity contribution < 1.29 is 32.7 Å². The highest BCUT2D eigenvalue weighted by molar-refractivity contribution is 7.99. The molecule has 17 heteroatoms. The smallest absolute Gasteiger partial charge is 0.420 e. The number of rotatable bonds is 13. The summed E-state index contributed by atoms with van der Waals surface area (Å²) in [6, 6.07) is 14.1. The van der Waals surface area contributed by atoms with Crippen LogP contribution >= 0.6 is 23.4 Å². The predicted octanol–water partition coefficient (Wildman–Crippen LogP) is 5.35. The van der Waals surface area contributed by atoms with Crippen molar-refractivity contribution in [1.29, 1.82) is 0 Å². The van der Waals surface area contributed by atoms with Crippen molar-refractivity contribution in [3.8, 4) is 17.0 Å². The Kier molecular flexibility index (Phi) is 11.1. The average molecular weight is 779 g/mol. The quantitative estimate of drug-likeness (QED) is 0.0702. The standard InChI is InChI=1S/C37H37ClF2N8O5S/c38-37(39,40)53-25-8-6-24(7-9-25)43-34(50)23-20-27(29-12-13-42-45-29)33(41-21-23)47-17-15-46(16-18-47)14-1-2-19-54-31-5-3-4-26-28(31)22-48(36(26)52)30-10-11-32(49)44-35(30)51/h3-9,12-13,20-21,30H,1-2,10-11,14-19,22H2,(H,42,45)(H,43,50)(H,44,49,51). The van der Waals surface area contributed by atoms with Crippen LogP contribution in [0.1, 0.15) is 52.0 Å². The number of hydrogen-bond donors (Lipinski definition) is 3. The second kappa shape index (κ2) is 16.1. The largest absolute Gasteiger partial charge is 0.487 e. The highest BCUT2D eigenvalue weighted by atomic mass is 35.5. The van der Waals surface area contributed by atoms with Crippen LogP contribution in [0, 0.1) is 0 Å². The summed E-state index contributed by atoms with van der Waals surface area (Å²) >= 11 is 6.56. The summed E-state index contributed by atoms with van der Waals surface area (Å²) in [4.78, 5) is 62.3. The monoisotopic (exact) mass is 778 g/mol. The van der Waals surface area contributed by atoms with Crippen molar-refractivity contribution >= 4 is 58.5 Å². The van der Waals surface area contributed by atoms with Crippen LogP contribution in [0.3, 0.4) is 0 Å². The van der Waals surface area contributed by atoms with Gasteiger partial charge in [-0.2, -0.15) is 5.10 Å². The fourth-order valence-electron chi connectivity index (χ4n) is 6.88. The van der Waals surface area contributed by atoms with Gasteiger partial charge in [0.15, 0.2) is 0 Å². The van der Waals surface area contributed by atoms with E-state index in [1.807, 2.05) is 24.3 Å². The lowest BCUT2D eigenvalue weighted by Crippen LogP contribution is -2.52. The van der Waals surface area contributed by atoms with Crippen LogP contribution in [0.25, 0.3) is 11.3 Å². The summed E-state index contributed by atoms with van der Waals surface area (Å²) in [5.74, 6) is 0.198. The molecule has 0 saturated carbocycles. The van der Waals surface area contributed by atoms with E-state index >= 15 is 0 Å². The molecular weight excluding hydrogens is 742 g/mol. The van der Waals surface area contributed by atoms with Gasteiger partial charge in [-0.05, 0) is 85.7 Å². The van der Waals surface area contributed by atoms with Gasteiger partial charge in [-0.15, -0.1) is 20.5 Å². The van der Waals surface area contributed by atoms with Crippen molar-refractivity contribution in [3.63, 3.8) is 0 Å². The lowest BCUT2D eigenvalue weighted by molar-refractivity contribution is -0.136. The van der Waals surface area contributed by atoms with Gasteiger partial charge in [0.2, 0.25) is 11.8 Å². The Morgan fingerprint density at radius 2 is 1.83 bits per heavy atom. The molecule has 54 heavy (non-hydrogen) atoms. The molecule has 2 aromatic carbocycles. The first-order valence-electron chi connectivity index (χ1n) is 17.6. The van der Waals surface area contributed by atoms with E-state index in [-0.39, 0.29) is 24.0 Å². The number of halogens is 3. The number of carbonyl (C=O) groups excluding carboxylic acids is 4. The summed E-state index contributed by atoms with van der Waals surface area (Å²) in [7, 11) is 0. The van der Waals surface area contributed by atoms with Crippen molar-refractivity contribution in [2.75, 3.05) is 48.7 Å². The second-order valence-electron chi connectivity index (χ2n) is 13.2. The number of nitrogens with one attached hydrogen (secondary N) is 3. The number of H-pyrrole nitrogens is 1. The number of alkyl halides is 3. The fourth-order valence-corrected chi connectivity index (χ4v) is 8.06. The lowest BCUT2D eigenvalue weighted by atomic mass is 10.0. The summed E-state index contributed by atoms with van der Waals surface area (Å²) in [6.07, 6.45) is 5.73. The number of amides is 4. The van der Waals surface area contributed by atoms with Crippen molar-refractivity contribution in [2.45, 2.75) is 48.7 Å². The van der Waals surface area contributed by atoms with Crippen LogP contribution in [-0.4, -0.2) is 98.7 Å². The number of thioether (sulfide) groups is 1. The molecule has 13 nitrogen and oxygen atoms in total. The number of imide groups is 1. The minimum Gasteiger partial charge on any atom is -0.420 e. The normalized spacial score (nSPS) is 17.8. The molecule has 0 radical (unpaired) electrons. The molecule has 4 aromatic rings. The number of aromatic amines is 1. The number of carbonyl (C=O) groups is 4. The van der Waals surface area contributed by atoms with Crippen LogP contribution in [0.15, 0.2) is 71.9 Å². The number of anilines is 2. The number of fused-ring (bicyclic) bond motifs is 1. The third-order valence-electron chi connectivity index (χ3n) is 9.60. The molecule has 7 rings (SSSR count). The molecule has 3 aliphatic heterocycles. The highest BCUT2D eigenvalue weighted by Gasteiger charge is 2.40. The van der Waals surface area contributed by atoms with Gasteiger partial charge < -0.3 is 19.9 Å². The first-order valence-corrected chi connectivity index (χ1v) is 18.9. The van der Waals surface area contributed by atoms with Crippen molar-refractivity contribution in [1.82, 2.24) is 30.3 Å². The van der Waals surface area contributed by atoms with Crippen LogP contribution in [0.2, 0.25) is 0 Å². The molecule has 5 heterocycles. The molecular formula is C37H37ClF2N8O5S. The average Bonchev–Trinajstić information content (AvgIpc) is 3.81. The van der Waals surface area contributed by atoms with Gasteiger partial charge >= 0.3 is 5.57 Å². The number of pyridine rings is 1. The van der Waals surface area contributed by atoms with E-state index in [2.05, 4.69) is 35.4 Å². The number of piperazine rings is 1. The lowest BCUT2D eigenvalue weighted by Gasteiger charge is -2.36. The van der Waals surface area contributed by atoms with E-state index in [1.165, 1.54) is 30.5 Å². The maximum Gasteiger partial charge on any atom is 0.487 e. The minimum atomic E-state index is -3.84. The first kappa shape index (κ1) is 37.3. The van der Waals surface area contributed by atoms with Gasteiger partial charge in [0, 0.05) is 84.8 Å². The Balaban J connectivity index is 0.895. The van der Waals surface area contributed by atoms with Gasteiger partial charge in [0.05, 0.1) is 11.3 Å². The van der Waals surface area contributed by atoms with Gasteiger partial charge in [-0.25, -0.2) is 4.98 Å². The SMILES string of the molecule is O=C1CCC(N2Cc3c(SCCCCN4CCN(c5ncc(C(=O)Nc6ccc(OC(F)(F)Cl)cc6)cc5-c5ccn[nH]5)CC4)cccc3C2=O)C(=O)N1. The molecule has 0 spiro atoms. The predicted molar refractivity (Wildman–Crippen MR) is 199 cm³/mol. The van der Waals surface area contributed by atoms with Crippen LogP contribution in [0.5, 0.6) is 5.75 Å². The molecule has 0 aliphatic carbocycles. The summed E-state index contributed by atoms with van der Waals surface area (Å²) in [5, 5.41) is 12.2. The molecule has 2 saturated heterocycles. The summed E-state index contributed by atoms with van der Waals surface area (Å²) in [6.45, 7) is 4.51. The highest BCUT2D eigenvalue weighted by Crippen LogP contribution is 2.35. The molecule has 0 bridgehead atoms. The summed E-state index contributed by atoms with van der Waals surface area (Å²) in [5.41, 5.74) is -0.121. The van der Waals surface area contributed by atoms with E-state index in [1.54, 1.807) is 28.9 Å². The second-order valence-corrected chi connectivity index (χ2v) is 14.7. The maximum absolute atomic E-state index is 13.2. The zero-order valence-corrected chi connectivity index (χ0v) is 30.6. The van der Waals surface area contributed by atoms with Crippen LogP contribution in [-0.2, 0) is 16.1 Å². The first-order chi connectivity index (χ1) is 26.0. The third-order valence-corrected chi connectivity index (χ3v) is 10.9. The topological polar surface area (TPSA) is 153 Å². The molecule has 2 fully saturated rings. The van der Waals surface area contributed by atoms with Gasteiger partial charge in [-0.3, -0.25) is 34.5 Å². The summed E-state index contributed by atoms with van der Waals surface area (Å²) < 4.78 is 30.2. The van der Waals surface area contributed by atoms with E-state index < -0.39 is 23.4 Å². The Hall–Kier alpha value is -5.06. The van der Waals surface area contributed by atoms with E-state index in [4.69, 9.17) is 16.6 Å². The number of unbranched alkanes of at least 4 members (excludes halogenated alkanes) is 1. The number of piperidine rings is 1. The van der Waals surface area contributed by atoms with E-state index in [9.17, 15) is 28.0 Å². The van der Waals surface area contributed by atoms with Crippen molar-refractivity contribution in [3.05, 3.63) is 83.7 Å². The number of ether oxygens (including phenoxy) is 1. The molecule has 1 atom stereocenters. The van der Waals surface area contributed by atoms with Crippen molar-refractivity contribution in [2.24, 2.45) is 0 Å². The number of nitrogens with zero attached hydrogens (tertiary/aromatic N) is 5. The van der Waals surface area contributed by atoms with Gasteiger partial charge in [0.25, 0.3) is 11.8 Å². The zero-order chi connectivity index (χ0) is 37.8. The molecule has 282 valence electrons. The number of aromatic nitrogens is 3. The number of hydrogen-bond acceptors (Lipinski definition) is 10. The zero-order valence-electron chi connectivity index (χ0n) is 29.0. The molecule has 3 aliphatic rings. The molecule has 1 unspecified atom stereocenters. The Labute approximate surface area is 318 Å². The molecule has 3 N–H and O–H groups in total. The minimum absolute atomic E-state index is 0.145.